The maximum atomic E-state index is 6.02. The molecule has 2 heterocycles. The van der Waals surface area contributed by atoms with E-state index in [0.29, 0.717) is 0 Å². The van der Waals surface area contributed by atoms with Crippen LogP contribution in [0.3, 0.4) is 0 Å². The molecule has 5 aromatic carbocycles. The van der Waals surface area contributed by atoms with Gasteiger partial charge in [0, 0.05) is 12.6 Å². The molecule has 266 valence electrons. The fraction of sp³-hybridized carbons (Fsp3) is 0.222. The van der Waals surface area contributed by atoms with Crippen molar-refractivity contribution in [3.8, 4) is 17.2 Å². The Morgan fingerprint density at radius 3 is 1.75 bits per heavy atom. The molecule has 0 saturated carbocycles. The molecule has 6 nitrogen and oxygen atoms in total. The molecule has 0 fully saturated rings. The smallest absolute Gasteiger partial charge is 0.374 e. The molecular weight excluding hydrogens is 643 g/mol. The zero-order valence-corrected chi connectivity index (χ0v) is 31.4. The minimum absolute atomic E-state index is 0.0874. The average Bonchev–Trinajstić information content (AvgIpc) is 3.71. The Hall–Kier alpha value is -5.69. The monoisotopic (exact) mass is 692 g/mol. The Kier molecular flexibility index (Phi) is 10.9. The number of oxazole rings is 1. The van der Waals surface area contributed by atoms with Gasteiger partial charge in [0.1, 0.15) is 18.0 Å². The van der Waals surface area contributed by atoms with E-state index >= 15 is 0 Å². The molecule has 7 rings (SSSR count). The second kappa shape index (κ2) is 15.7. The summed E-state index contributed by atoms with van der Waals surface area (Å²) in [6.07, 6.45) is 4.79. The van der Waals surface area contributed by atoms with Gasteiger partial charge in [-0.1, -0.05) is 112 Å². The van der Waals surface area contributed by atoms with E-state index in [1.54, 1.807) is 14.2 Å². The number of allylic oxidation sites excluding steroid dienone is 2. The van der Waals surface area contributed by atoms with Crippen LogP contribution in [-0.4, -0.2) is 26.9 Å². The molecule has 52 heavy (non-hydrogen) atoms. The Morgan fingerprint density at radius 1 is 0.712 bits per heavy atom. The van der Waals surface area contributed by atoms with E-state index < -0.39 is 6.15 Å². The number of nitrogens with zero attached hydrogens (tertiary/aromatic N) is 2. The van der Waals surface area contributed by atoms with Crippen molar-refractivity contribution in [2.45, 2.75) is 46.5 Å². The topological polar surface area (TPSA) is 48.0 Å². The second-order valence-corrected chi connectivity index (χ2v) is 14.0. The highest BCUT2D eigenvalue weighted by Gasteiger charge is 2.39. The highest BCUT2D eigenvalue weighted by molar-refractivity contribution is 7.13. The molecule has 0 unspecified atom stereocenters. The Bertz CT molecular complexity index is 2060. The van der Waals surface area contributed by atoms with Gasteiger partial charge in [-0.3, -0.25) is 0 Å². The van der Waals surface area contributed by atoms with Crippen LogP contribution < -0.4 is 40.1 Å². The summed E-state index contributed by atoms with van der Waals surface area (Å²) in [6, 6.07) is 44.6. The lowest BCUT2D eigenvalue weighted by molar-refractivity contribution is -0.674. The zero-order chi connectivity index (χ0) is 36.7. The molecule has 1 aliphatic heterocycles. The molecule has 0 amide bonds. The number of benzene rings is 5. The predicted molar refractivity (Wildman–Crippen MR) is 216 cm³/mol. The van der Waals surface area contributed by atoms with Crippen molar-refractivity contribution in [3.05, 3.63) is 151 Å². The lowest BCUT2D eigenvalue weighted by Gasteiger charge is -2.54. The van der Waals surface area contributed by atoms with Crippen LogP contribution in [0.1, 0.15) is 40.5 Å². The minimum atomic E-state index is -1.06. The van der Waals surface area contributed by atoms with E-state index in [9.17, 15) is 0 Å². The number of fused-ring (bicyclic) bond motifs is 2. The number of hydrogen-bond donors (Lipinski definition) is 0. The first-order chi connectivity index (χ1) is 25.2. The van der Waals surface area contributed by atoms with Gasteiger partial charge in [0.2, 0.25) is 11.5 Å². The zero-order valence-electron chi connectivity index (χ0n) is 31.4. The summed E-state index contributed by atoms with van der Waals surface area (Å²) in [5.41, 5.74) is 7.04. The molecule has 0 radical (unpaired) electrons. The summed E-state index contributed by atoms with van der Waals surface area (Å²) in [5.74, 6) is 3.99. The first-order valence-corrected chi connectivity index (χ1v) is 18.1. The number of ether oxygens (including phenoxy) is 3. The summed E-state index contributed by atoms with van der Waals surface area (Å²) in [7, 11) is 3.33. The minimum Gasteiger partial charge on any atom is -0.497 e. The van der Waals surface area contributed by atoms with Gasteiger partial charge in [-0.15, -0.1) is 5.31 Å². The van der Waals surface area contributed by atoms with Crippen LogP contribution in [0.25, 0.3) is 17.2 Å². The molecule has 0 bridgehead atoms. The van der Waals surface area contributed by atoms with E-state index in [4.69, 9.17) is 18.6 Å². The van der Waals surface area contributed by atoms with Crippen molar-refractivity contribution in [3.63, 3.8) is 0 Å². The lowest BCUT2D eigenvalue weighted by atomic mass is 9.07. The largest absolute Gasteiger partial charge is 0.497 e. The summed E-state index contributed by atoms with van der Waals surface area (Å²) < 4.78 is 24.8. The third-order valence-electron chi connectivity index (χ3n) is 10.2. The molecule has 1 aliphatic rings. The van der Waals surface area contributed by atoms with Gasteiger partial charge in [0.15, 0.2) is 5.75 Å². The van der Waals surface area contributed by atoms with Crippen molar-refractivity contribution in [1.82, 2.24) is 0 Å². The van der Waals surface area contributed by atoms with Crippen LogP contribution >= 0.6 is 0 Å². The highest BCUT2D eigenvalue weighted by Crippen LogP contribution is 2.41. The van der Waals surface area contributed by atoms with Crippen LogP contribution in [0.2, 0.25) is 5.31 Å². The maximum absolute atomic E-state index is 6.02. The molecule has 7 heteroatoms. The Balaban J connectivity index is 0.000000183. The van der Waals surface area contributed by atoms with Gasteiger partial charge in [-0.05, 0) is 50.3 Å². The SMILES string of the molecule is CC(C)(C)[B-](c1ccccc1)(c1ccccc1)c1ccccc1.CCN1/C(=C/C=C/c2oc3ccc(OC)cc3[n+]2CC)Oc2ccc(OC)cc21. The number of rotatable bonds is 9. The van der Waals surface area contributed by atoms with E-state index in [2.05, 4.69) is 135 Å². The standard InChI is InChI=1S/C23H25N2O4.C22H24B/c1-5-24-18-14-16(26-3)10-12-20(18)28-22(24)8-7-9-23-25(6-2)19-15-17(27-4)11-13-21(19)29-23;1-22(2,3)23(19-13-7-4-8-14-19,20-15-9-5-10-16-20)21-17-11-6-12-18-21/h7-15H,5-6H2,1-4H3;4-18H,1-3H3/q+1;-1. The normalized spacial score (nSPS) is 13.5. The summed E-state index contributed by atoms with van der Waals surface area (Å²) >= 11 is 0. The van der Waals surface area contributed by atoms with E-state index in [1.807, 2.05) is 54.6 Å². The summed E-state index contributed by atoms with van der Waals surface area (Å²) in [4.78, 5) is 2.11. The number of methoxy groups -OCH3 is 2. The van der Waals surface area contributed by atoms with E-state index in [1.165, 1.54) is 16.4 Å². The van der Waals surface area contributed by atoms with Crippen molar-refractivity contribution < 1.29 is 23.2 Å². The maximum Gasteiger partial charge on any atom is 0.374 e. The van der Waals surface area contributed by atoms with Gasteiger partial charge in [0.25, 0.3) is 5.52 Å². The van der Waals surface area contributed by atoms with Gasteiger partial charge in [-0.25, -0.2) is 0 Å². The first-order valence-electron chi connectivity index (χ1n) is 18.1. The number of aryl methyl sites for hydroxylation is 1. The fourth-order valence-electron chi connectivity index (χ4n) is 7.83. The fourth-order valence-corrected chi connectivity index (χ4v) is 7.83. The Morgan fingerprint density at radius 2 is 1.25 bits per heavy atom. The van der Waals surface area contributed by atoms with Crippen molar-refractivity contribution >= 4 is 45.4 Å². The molecule has 0 atom stereocenters. The van der Waals surface area contributed by atoms with Crippen LogP contribution in [0.5, 0.6) is 17.2 Å². The quantitative estimate of drug-likeness (QED) is 0.112. The third kappa shape index (κ3) is 6.96. The van der Waals surface area contributed by atoms with Crippen molar-refractivity contribution in [1.29, 1.82) is 0 Å². The summed E-state index contributed by atoms with van der Waals surface area (Å²) in [5, 5.41) is 0.0874. The van der Waals surface area contributed by atoms with Gasteiger partial charge in [-0.2, -0.15) is 21.0 Å². The molecule has 0 spiro atoms. The van der Waals surface area contributed by atoms with E-state index in [-0.39, 0.29) is 5.31 Å². The van der Waals surface area contributed by atoms with Crippen LogP contribution in [-0.2, 0) is 6.54 Å². The molecule has 0 saturated heterocycles. The van der Waals surface area contributed by atoms with Crippen LogP contribution in [0, 0.1) is 0 Å². The lowest BCUT2D eigenvalue weighted by Crippen LogP contribution is -2.72. The molecule has 1 aromatic heterocycles. The van der Waals surface area contributed by atoms with Crippen molar-refractivity contribution in [2.75, 3.05) is 25.7 Å². The number of hydrogen-bond acceptors (Lipinski definition) is 5. The van der Waals surface area contributed by atoms with Crippen LogP contribution in [0.4, 0.5) is 5.69 Å². The highest BCUT2D eigenvalue weighted by atomic mass is 16.5. The predicted octanol–water partition coefficient (Wildman–Crippen LogP) is 8.49. The van der Waals surface area contributed by atoms with Gasteiger partial charge < -0.3 is 23.5 Å². The average molecular weight is 693 g/mol. The summed E-state index contributed by atoms with van der Waals surface area (Å²) in [6.45, 7) is 12.8. The molecule has 0 aliphatic carbocycles. The number of aromatic nitrogens is 1. The number of anilines is 1. The van der Waals surface area contributed by atoms with Crippen LogP contribution in [0.15, 0.2) is 150 Å². The molecule has 6 aromatic rings. The molecular formula is C45H49BN2O4. The van der Waals surface area contributed by atoms with Gasteiger partial charge >= 0.3 is 5.89 Å². The Labute approximate surface area is 308 Å². The molecule has 0 N–H and O–H groups in total. The second-order valence-electron chi connectivity index (χ2n) is 14.0. The first kappa shape index (κ1) is 36.1. The van der Waals surface area contributed by atoms with E-state index in [0.717, 1.165) is 58.9 Å². The third-order valence-corrected chi connectivity index (χ3v) is 10.2. The van der Waals surface area contributed by atoms with Gasteiger partial charge in [0.05, 0.1) is 38.2 Å². The van der Waals surface area contributed by atoms with Crippen molar-refractivity contribution in [2.24, 2.45) is 0 Å².